The van der Waals surface area contributed by atoms with E-state index in [1.807, 2.05) is 69.9 Å². The predicted octanol–water partition coefficient (Wildman–Crippen LogP) is 7.69. The van der Waals surface area contributed by atoms with Gasteiger partial charge in [-0.2, -0.15) is 0 Å². The molecule has 0 aromatic carbocycles. The van der Waals surface area contributed by atoms with Gasteiger partial charge in [-0.1, -0.05) is 51.6 Å². The Labute approximate surface area is 211 Å². The maximum atomic E-state index is 4.59. The van der Waals surface area contributed by atoms with E-state index in [0.717, 1.165) is 50.9 Å². The van der Waals surface area contributed by atoms with Crippen LogP contribution in [0.1, 0.15) is 45.3 Å². The summed E-state index contributed by atoms with van der Waals surface area (Å²) in [6.07, 6.45) is 20.3. The summed E-state index contributed by atoms with van der Waals surface area (Å²) >= 11 is 0. The van der Waals surface area contributed by atoms with Gasteiger partial charge in [-0.15, -0.1) is 10.2 Å². The molecule has 0 spiro atoms. The van der Waals surface area contributed by atoms with Crippen molar-refractivity contribution in [1.29, 1.82) is 0 Å². The smallest absolute Gasteiger partial charge is 0.113 e. The largest absolute Gasteiger partial charge is 0.317 e. The summed E-state index contributed by atoms with van der Waals surface area (Å²) in [6, 6.07) is 7.95. The van der Waals surface area contributed by atoms with Crippen LogP contribution in [0, 0.1) is 0 Å². The first kappa shape index (κ1) is 24.1. The molecule has 0 atom stereocenters. The molecule has 5 nitrogen and oxygen atoms in total. The van der Waals surface area contributed by atoms with E-state index in [2.05, 4.69) is 54.7 Å². The Morgan fingerprint density at radius 3 is 1.75 bits per heavy atom. The average molecular weight is 470 g/mol. The van der Waals surface area contributed by atoms with Gasteiger partial charge in [-0.3, -0.25) is 4.98 Å². The van der Waals surface area contributed by atoms with E-state index < -0.39 is 0 Å². The van der Waals surface area contributed by atoms with Gasteiger partial charge >= 0.3 is 0 Å². The van der Waals surface area contributed by atoms with Gasteiger partial charge in [0.2, 0.25) is 0 Å². The van der Waals surface area contributed by atoms with Crippen molar-refractivity contribution in [3.8, 4) is 11.3 Å². The molecule has 0 amide bonds. The average Bonchev–Trinajstić information content (AvgIpc) is 3.53. The van der Waals surface area contributed by atoms with Crippen molar-refractivity contribution in [2.45, 2.75) is 0 Å². The normalized spacial score (nSPS) is 11.2. The molecule has 0 saturated heterocycles. The molecule has 2 aromatic heterocycles. The zero-order valence-electron chi connectivity index (χ0n) is 20.1. The van der Waals surface area contributed by atoms with Crippen molar-refractivity contribution in [3.63, 3.8) is 0 Å². The Balaban J connectivity index is 1.69. The molecule has 2 aliphatic rings. The summed E-state index contributed by atoms with van der Waals surface area (Å²) in [5, 5.41) is 8.66. The maximum absolute atomic E-state index is 4.59. The lowest BCUT2D eigenvalue weighted by Crippen LogP contribution is -1.91. The first-order valence-electron chi connectivity index (χ1n) is 11.3. The van der Waals surface area contributed by atoms with E-state index in [1.165, 1.54) is 0 Å². The molecule has 0 fully saturated rings. The molecule has 176 valence electrons. The van der Waals surface area contributed by atoms with Crippen LogP contribution in [0.3, 0.4) is 0 Å². The fourth-order valence-electron chi connectivity index (χ4n) is 4.07. The lowest BCUT2D eigenvalue weighted by Gasteiger charge is -2.02. The molecule has 0 saturated carbocycles. The Kier molecular flexibility index (Phi) is 7.02. The molecule has 4 rings (SSSR count). The summed E-state index contributed by atoms with van der Waals surface area (Å²) in [7, 11) is 0. The number of fused-ring (bicyclic) bond motifs is 1. The Morgan fingerprint density at radius 2 is 1.22 bits per heavy atom. The second-order valence-electron chi connectivity index (χ2n) is 7.81. The van der Waals surface area contributed by atoms with Crippen molar-refractivity contribution in [3.05, 3.63) is 115 Å². The molecular weight excluding hydrogens is 442 g/mol. The van der Waals surface area contributed by atoms with Crippen LogP contribution >= 0.6 is 0 Å². The van der Waals surface area contributed by atoms with Gasteiger partial charge in [0.1, 0.15) is 5.69 Å². The third kappa shape index (κ3) is 4.38. The van der Waals surface area contributed by atoms with Crippen molar-refractivity contribution >= 4 is 61.0 Å². The number of hydrogen-bond acceptors (Lipinski definition) is 3. The zero-order chi connectivity index (χ0) is 25.7. The van der Waals surface area contributed by atoms with Crippen LogP contribution in [-0.2, 0) is 0 Å². The van der Waals surface area contributed by atoms with E-state index >= 15 is 0 Å². The predicted molar refractivity (Wildman–Crippen MR) is 156 cm³/mol. The lowest BCUT2D eigenvalue weighted by atomic mass is 10.1. The number of aromatic nitrogens is 5. The van der Waals surface area contributed by atoms with Crippen molar-refractivity contribution in [2.75, 3.05) is 0 Å². The first-order valence-corrected chi connectivity index (χ1v) is 11.3. The molecule has 5 heteroatoms. The number of rotatable bonds is 10. The SMILES string of the molecule is C=Cc1cc(C=C)n(C=C)c1/C=C/c1ccc2c(/C=C/c3c(C=C)cc(C=C)n3C=C)nnc-2cn1. The lowest BCUT2D eigenvalue weighted by molar-refractivity contribution is 1.08. The van der Waals surface area contributed by atoms with Gasteiger partial charge in [0.05, 0.1) is 29.0 Å². The minimum atomic E-state index is 0.708. The highest BCUT2D eigenvalue weighted by Crippen LogP contribution is 2.26. The summed E-state index contributed by atoms with van der Waals surface area (Å²) < 4.78 is 3.92. The summed E-state index contributed by atoms with van der Waals surface area (Å²) in [5.74, 6) is 0. The standard InChI is InChI=1S/C31H27N5/c1-7-22-19-25(9-3)35(11-5)30(22)17-14-24-13-15-27-28(33-34-29(27)21-32-24)16-18-31-23(8-2)20-26(10-4)36(31)12-6/h7-21H,1-6H2/b17-14+,18-16+. The fraction of sp³-hybridized carbons (Fsp3) is 0. The molecule has 0 aliphatic carbocycles. The highest BCUT2D eigenvalue weighted by Gasteiger charge is 2.12. The molecular formula is C31H27N5. The van der Waals surface area contributed by atoms with Crippen LogP contribution in [0.2, 0.25) is 0 Å². The second kappa shape index (κ2) is 10.5. The van der Waals surface area contributed by atoms with Gasteiger partial charge < -0.3 is 9.13 Å². The van der Waals surface area contributed by atoms with Crippen molar-refractivity contribution < 1.29 is 0 Å². The van der Waals surface area contributed by atoms with Crippen LogP contribution in [0.15, 0.2) is 69.9 Å². The quantitative estimate of drug-likeness (QED) is 0.239. The molecule has 0 bridgehead atoms. The van der Waals surface area contributed by atoms with Gasteiger partial charge in [0.15, 0.2) is 0 Å². The molecule has 4 heterocycles. The van der Waals surface area contributed by atoms with Crippen molar-refractivity contribution in [1.82, 2.24) is 24.3 Å². The van der Waals surface area contributed by atoms with E-state index in [4.69, 9.17) is 0 Å². The molecule has 0 N–H and O–H groups in total. The van der Waals surface area contributed by atoms with E-state index in [1.54, 1.807) is 30.7 Å². The summed E-state index contributed by atoms with van der Waals surface area (Å²) in [5.41, 5.74) is 8.87. The third-order valence-electron chi connectivity index (χ3n) is 5.88. The monoisotopic (exact) mass is 469 g/mol. The van der Waals surface area contributed by atoms with Crippen LogP contribution in [-0.4, -0.2) is 24.3 Å². The maximum Gasteiger partial charge on any atom is 0.113 e. The van der Waals surface area contributed by atoms with Gasteiger partial charge in [-0.05, 0) is 71.8 Å². The van der Waals surface area contributed by atoms with Crippen molar-refractivity contribution in [2.24, 2.45) is 0 Å². The minimum absolute atomic E-state index is 0.708. The molecule has 0 unspecified atom stereocenters. The molecule has 0 radical (unpaired) electrons. The molecule has 2 aliphatic heterocycles. The minimum Gasteiger partial charge on any atom is -0.317 e. The van der Waals surface area contributed by atoms with E-state index in [0.29, 0.717) is 5.69 Å². The fourth-order valence-corrected chi connectivity index (χ4v) is 4.07. The molecule has 2 aromatic rings. The van der Waals surface area contributed by atoms with E-state index in [9.17, 15) is 0 Å². The van der Waals surface area contributed by atoms with Gasteiger partial charge in [-0.25, -0.2) is 0 Å². The Hall–Kier alpha value is -5.03. The van der Waals surface area contributed by atoms with Crippen LogP contribution in [0.25, 0.3) is 72.3 Å². The Bertz CT molecular complexity index is 1540. The number of hydrogen-bond donors (Lipinski definition) is 0. The zero-order valence-corrected chi connectivity index (χ0v) is 20.1. The summed E-state index contributed by atoms with van der Waals surface area (Å²) in [6.45, 7) is 23.4. The molecule has 36 heavy (non-hydrogen) atoms. The van der Waals surface area contributed by atoms with E-state index in [-0.39, 0.29) is 0 Å². The highest BCUT2D eigenvalue weighted by atomic mass is 15.1. The van der Waals surface area contributed by atoms with Crippen LogP contribution < -0.4 is 0 Å². The first-order chi connectivity index (χ1) is 17.6. The highest BCUT2D eigenvalue weighted by molar-refractivity contribution is 5.82. The van der Waals surface area contributed by atoms with Gasteiger partial charge in [0.25, 0.3) is 0 Å². The summed E-state index contributed by atoms with van der Waals surface area (Å²) in [4.78, 5) is 4.59. The Morgan fingerprint density at radius 1 is 0.639 bits per heavy atom. The second-order valence-corrected chi connectivity index (χ2v) is 7.81. The topological polar surface area (TPSA) is 48.5 Å². The van der Waals surface area contributed by atoms with Gasteiger partial charge in [0, 0.05) is 29.4 Å². The third-order valence-corrected chi connectivity index (χ3v) is 5.88. The van der Waals surface area contributed by atoms with Crippen LogP contribution in [0.5, 0.6) is 0 Å². The van der Waals surface area contributed by atoms with Crippen LogP contribution in [0.4, 0.5) is 0 Å². The number of nitrogens with zero attached hydrogens (tertiary/aromatic N) is 5.